The summed E-state index contributed by atoms with van der Waals surface area (Å²) in [4.78, 5) is 11.0. The average molecular weight is 208 g/mol. The van der Waals surface area contributed by atoms with Crippen molar-refractivity contribution in [2.24, 2.45) is 5.41 Å². The van der Waals surface area contributed by atoms with Crippen molar-refractivity contribution in [3.63, 3.8) is 0 Å². The summed E-state index contributed by atoms with van der Waals surface area (Å²) in [6, 6.07) is 0. The fraction of sp³-hybridized carbons (Fsp3) is 0.769. The summed E-state index contributed by atoms with van der Waals surface area (Å²) >= 11 is 0. The van der Waals surface area contributed by atoms with E-state index in [0.29, 0.717) is 0 Å². The average Bonchev–Trinajstić information content (AvgIpc) is 2.70. The van der Waals surface area contributed by atoms with E-state index in [0.717, 1.165) is 6.42 Å². The van der Waals surface area contributed by atoms with Gasteiger partial charge in [-0.05, 0) is 45.3 Å². The number of hydrogen-bond donors (Lipinski definition) is 0. The van der Waals surface area contributed by atoms with Gasteiger partial charge in [-0.25, -0.2) is 0 Å². The fourth-order valence-electron chi connectivity index (χ4n) is 3.14. The van der Waals surface area contributed by atoms with E-state index in [4.69, 9.17) is 4.74 Å². The van der Waals surface area contributed by atoms with Crippen LogP contribution in [0.25, 0.3) is 0 Å². The molecule has 84 valence electrons. The summed E-state index contributed by atoms with van der Waals surface area (Å²) < 4.78 is 5.98. The Morgan fingerprint density at radius 2 is 1.93 bits per heavy atom. The van der Waals surface area contributed by atoms with Gasteiger partial charge in [0.1, 0.15) is 5.60 Å². The second-order valence-corrected chi connectivity index (χ2v) is 5.75. The van der Waals surface area contributed by atoms with E-state index >= 15 is 0 Å². The van der Waals surface area contributed by atoms with Crippen molar-refractivity contribution < 1.29 is 9.53 Å². The summed E-state index contributed by atoms with van der Waals surface area (Å²) in [7, 11) is 0. The van der Waals surface area contributed by atoms with Crippen molar-refractivity contribution in [3.05, 3.63) is 12.2 Å². The predicted molar refractivity (Wildman–Crippen MR) is 59.7 cm³/mol. The smallest absolute Gasteiger partial charge is 0.152 e. The molecule has 1 heterocycles. The SMILES string of the molecule is CC(=O)/C=C\C12OC1(C)CCCC2(C)C. The van der Waals surface area contributed by atoms with Crippen molar-refractivity contribution >= 4 is 5.78 Å². The Labute approximate surface area is 91.7 Å². The van der Waals surface area contributed by atoms with Crippen molar-refractivity contribution in [2.45, 2.75) is 58.2 Å². The molecule has 2 unspecified atom stereocenters. The second-order valence-electron chi connectivity index (χ2n) is 5.75. The first-order valence-electron chi connectivity index (χ1n) is 5.73. The molecule has 0 aromatic carbocycles. The molecule has 15 heavy (non-hydrogen) atoms. The van der Waals surface area contributed by atoms with E-state index in [1.165, 1.54) is 12.8 Å². The number of ether oxygens (including phenoxy) is 1. The van der Waals surface area contributed by atoms with Gasteiger partial charge in [0.2, 0.25) is 0 Å². The van der Waals surface area contributed by atoms with Gasteiger partial charge in [-0.2, -0.15) is 0 Å². The molecule has 0 aromatic rings. The molecule has 1 saturated heterocycles. The number of allylic oxidation sites excluding steroid dienone is 1. The van der Waals surface area contributed by atoms with Gasteiger partial charge in [-0.1, -0.05) is 13.8 Å². The van der Waals surface area contributed by atoms with E-state index < -0.39 is 0 Å². The summed E-state index contributed by atoms with van der Waals surface area (Å²) in [6.45, 7) is 8.23. The molecule has 0 amide bonds. The summed E-state index contributed by atoms with van der Waals surface area (Å²) in [6.07, 6.45) is 7.16. The van der Waals surface area contributed by atoms with E-state index in [-0.39, 0.29) is 22.4 Å². The first-order chi connectivity index (χ1) is 6.83. The highest BCUT2D eigenvalue weighted by Crippen LogP contribution is 2.65. The van der Waals surface area contributed by atoms with Gasteiger partial charge < -0.3 is 4.74 Å². The van der Waals surface area contributed by atoms with Crippen LogP contribution in [0.2, 0.25) is 0 Å². The zero-order chi connectivity index (χ0) is 11.3. The van der Waals surface area contributed by atoms with Gasteiger partial charge >= 0.3 is 0 Å². The number of fused-ring (bicyclic) bond motifs is 1. The highest BCUT2D eigenvalue weighted by atomic mass is 16.6. The normalized spacial score (nSPS) is 42.7. The number of ketones is 1. The summed E-state index contributed by atoms with van der Waals surface area (Å²) in [5.41, 5.74) is -0.0728. The predicted octanol–water partition coefficient (Wildman–Crippen LogP) is 2.87. The maximum Gasteiger partial charge on any atom is 0.152 e. The lowest BCUT2D eigenvalue weighted by molar-refractivity contribution is -0.112. The lowest BCUT2D eigenvalue weighted by Crippen LogP contribution is -2.41. The molecule has 2 atom stereocenters. The third-order valence-electron chi connectivity index (χ3n) is 4.14. The molecule has 2 rings (SSSR count). The Kier molecular flexibility index (Phi) is 2.13. The van der Waals surface area contributed by atoms with Crippen LogP contribution in [0.4, 0.5) is 0 Å². The van der Waals surface area contributed by atoms with E-state index in [1.807, 2.05) is 6.08 Å². The molecule has 2 aliphatic rings. The van der Waals surface area contributed by atoms with Gasteiger partial charge in [-0.3, -0.25) is 4.79 Å². The van der Waals surface area contributed by atoms with Crippen molar-refractivity contribution in [3.8, 4) is 0 Å². The Morgan fingerprint density at radius 3 is 2.47 bits per heavy atom. The Bertz CT molecular complexity index is 329. The molecular weight excluding hydrogens is 188 g/mol. The van der Waals surface area contributed by atoms with E-state index in [1.54, 1.807) is 13.0 Å². The van der Waals surface area contributed by atoms with Gasteiger partial charge in [0.15, 0.2) is 5.78 Å². The molecule has 2 heteroatoms. The molecule has 0 radical (unpaired) electrons. The standard InChI is InChI=1S/C13H20O2/c1-10(14)6-9-13-11(2,3)7-5-8-12(13,4)15-13/h6,9H,5,7-8H2,1-4H3/b9-6-. The minimum Gasteiger partial charge on any atom is -0.358 e. The Hall–Kier alpha value is -0.630. The molecule has 0 N–H and O–H groups in total. The summed E-state index contributed by atoms with van der Waals surface area (Å²) in [5.74, 6) is 0.101. The Balaban J connectivity index is 2.29. The van der Waals surface area contributed by atoms with Crippen molar-refractivity contribution in [1.82, 2.24) is 0 Å². The number of epoxide rings is 1. The monoisotopic (exact) mass is 208 g/mol. The van der Waals surface area contributed by atoms with Crippen LogP contribution in [0.1, 0.15) is 47.0 Å². The maximum atomic E-state index is 11.0. The van der Waals surface area contributed by atoms with Crippen LogP contribution in [0.15, 0.2) is 12.2 Å². The maximum absolute atomic E-state index is 11.0. The molecule has 0 bridgehead atoms. The first-order valence-corrected chi connectivity index (χ1v) is 5.73. The zero-order valence-corrected chi connectivity index (χ0v) is 10.1. The molecule has 2 nitrogen and oxygen atoms in total. The molecule has 1 aliphatic heterocycles. The molecule has 1 saturated carbocycles. The molecular formula is C13H20O2. The minimum atomic E-state index is -0.191. The Morgan fingerprint density at radius 1 is 1.27 bits per heavy atom. The zero-order valence-electron chi connectivity index (χ0n) is 10.1. The molecule has 0 spiro atoms. The lowest BCUT2D eigenvalue weighted by atomic mass is 9.64. The van der Waals surface area contributed by atoms with Gasteiger partial charge in [0.05, 0.1) is 5.60 Å². The lowest BCUT2D eigenvalue weighted by Gasteiger charge is -2.36. The van der Waals surface area contributed by atoms with Gasteiger partial charge in [0.25, 0.3) is 0 Å². The molecule has 0 aromatic heterocycles. The molecule has 1 aliphatic carbocycles. The van der Waals surface area contributed by atoms with Gasteiger partial charge in [0, 0.05) is 5.41 Å². The fourth-order valence-corrected chi connectivity index (χ4v) is 3.14. The van der Waals surface area contributed by atoms with Crippen LogP contribution >= 0.6 is 0 Å². The number of carbonyl (C=O) groups is 1. The second kappa shape index (κ2) is 2.94. The van der Waals surface area contributed by atoms with Crippen LogP contribution in [0.5, 0.6) is 0 Å². The van der Waals surface area contributed by atoms with Crippen LogP contribution in [0, 0.1) is 5.41 Å². The van der Waals surface area contributed by atoms with Crippen LogP contribution < -0.4 is 0 Å². The van der Waals surface area contributed by atoms with Crippen LogP contribution in [0.3, 0.4) is 0 Å². The van der Waals surface area contributed by atoms with Crippen LogP contribution in [-0.4, -0.2) is 17.0 Å². The van der Waals surface area contributed by atoms with Crippen molar-refractivity contribution in [1.29, 1.82) is 0 Å². The van der Waals surface area contributed by atoms with Gasteiger partial charge in [-0.15, -0.1) is 0 Å². The van der Waals surface area contributed by atoms with E-state index in [2.05, 4.69) is 20.8 Å². The largest absolute Gasteiger partial charge is 0.358 e. The topological polar surface area (TPSA) is 29.6 Å². The minimum absolute atomic E-state index is 0.0271. The highest BCUT2D eigenvalue weighted by molar-refractivity contribution is 5.87. The van der Waals surface area contributed by atoms with Crippen molar-refractivity contribution in [2.75, 3.05) is 0 Å². The first kappa shape index (κ1) is 10.9. The number of hydrogen-bond acceptors (Lipinski definition) is 2. The third-order valence-corrected chi connectivity index (χ3v) is 4.14. The number of rotatable bonds is 2. The molecule has 2 fully saturated rings. The van der Waals surface area contributed by atoms with E-state index in [9.17, 15) is 4.79 Å². The number of carbonyl (C=O) groups excluding carboxylic acids is 1. The third kappa shape index (κ3) is 1.38. The van der Waals surface area contributed by atoms with Crippen LogP contribution in [-0.2, 0) is 9.53 Å². The quantitative estimate of drug-likeness (QED) is 0.516. The summed E-state index contributed by atoms with van der Waals surface area (Å²) in [5, 5.41) is 0. The highest BCUT2D eigenvalue weighted by Gasteiger charge is 2.73.